The van der Waals surface area contributed by atoms with E-state index in [0.717, 1.165) is 41.5 Å². The maximum atomic E-state index is 6.24. The van der Waals surface area contributed by atoms with Gasteiger partial charge < -0.3 is 5.32 Å². The van der Waals surface area contributed by atoms with Crippen LogP contribution in [0.4, 0.5) is 0 Å². The minimum atomic E-state index is 0.343. The van der Waals surface area contributed by atoms with Crippen molar-refractivity contribution >= 4 is 23.2 Å². The van der Waals surface area contributed by atoms with Gasteiger partial charge in [0.1, 0.15) is 0 Å². The fourth-order valence-electron chi connectivity index (χ4n) is 2.36. The Morgan fingerprint density at radius 3 is 2.81 bits per heavy atom. The third-order valence-corrected chi connectivity index (χ3v) is 4.04. The van der Waals surface area contributed by atoms with Crippen LogP contribution < -0.4 is 5.32 Å². The van der Waals surface area contributed by atoms with Gasteiger partial charge in [0.15, 0.2) is 0 Å². The summed E-state index contributed by atoms with van der Waals surface area (Å²) < 4.78 is 0. The van der Waals surface area contributed by atoms with Gasteiger partial charge in [-0.05, 0) is 48.7 Å². The van der Waals surface area contributed by atoms with Crippen molar-refractivity contribution in [1.82, 2.24) is 10.3 Å². The molecule has 21 heavy (non-hydrogen) atoms. The van der Waals surface area contributed by atoms with Crippen molar-refractivity contribution in [1.29, 1.82) is 0 Å². The Morgan fingerprint density at radius 2 is 2.10 bits per heavy atom. The summed E-state index contributed by atoms with van der Waals surface area (Å²) in [4.78, 5) is 4.05. The molecule has 0 fully saturated rings. The summed E-state index contributed by atoms with van der Waals surface area (Å²) in [6.07, 6.45) is 5.48. The van der Waals surface area contributed by atoms with Crippen molar-refractivity contribution in [2.75, 3.05) is 13.1 Å². The number of nitrogens with zero attached hydrogens (tertiary/aromatic N) is 1. The zero-order valence-corrected chi connectivity index (χ0v) is 13.7. The fourth-order valence-corrected chi connectivity index (χ4v) is 2.75. The molecule has 0 bridgehead atoms. The van der Waals surface area contributed by atoms with E-state index < -0.39 is 0 Å². The van der Waals surface area contributed by atoms with E-state index in [1.807, 2.05) is 24.3 Å². The van der Waals surface area contributed by atoms with E-state index in [1.165, 1.54) is 5.56 Å². The number of nitrogens with one attached hydrogen (secondary N) is 1. The van der Waals surface area contributed by atoms with Crippen LogP contribution in [0.15, 0.2) is 42.7 Å². The van der Waals surface area contributed by atoms with Crippen molar-refractivity contribution in [2.45, 2.75) is 25.7 Å². The van der Waals surface area contributed by atoms with E-state index in [4.69, 9.17) is 23.2 Å². The van der Waals surface area contributed by atoms with Crippen LogP contribution in [0.25, 0.3) is 0 Å². The highest BCUT2D eigenvalue weighted by atomic mass is 35.5. The summed E-state index contributed by atoms with van der Waals surface area (Å²) in [6, 6.07) is 10.0. The summed E-state index contributed by atoms with van der Waals surface area (Å²) in [5.41, 5.74) is 2.36. The Hall–Kier alpha value is -1.09. The van der Waals surface area contributed by atoms with Crippen molar-refractivity contribution < 1.29 is 0 Å². The second kappa shape index (κ2) is 8.38. The number of halogens is 2. The highest BCUT2D eigenvalue weighted by molar-refractivity contribution is 6.31. The largest absolute Gasteiger partial charge is 0.316 e. The predicted molar refractivity (Wildman–Crippen MR) is 90.3 cm³/mol. The van der Waals surface area contributed by atoms with Crippen LogP contribution in [0.3, 0.4) is 0 Å². The first-order chi connectivity index (χ1) is 10.2. The summed E-state index contributed by atoms with van der Waals surface area (Å²) >= 11 is 12.4. The van der Waals surface area contributed by atoms with Gasteiger partial charge in [0, 0.05) is 29.9 Å². The summed E-state index contributed by atoms with van der Waals surface area (Å²) in [7, 11) is 0. The standard InChI is InChI=1S/C17H20Cl2N2/c1-2-7-20-11-15(13-4-3-5-16(18)10-13)9-14-6-8-21-12-17(14)19/h3-6,8,10,12,15,20H,2,7,9,11H2,1H3. The summed E-state index contributed by atoms with van der Waals surface area (Å²) in [5.74, 6) is 0.343. The molecular weight excluding hydrogens is 303 g/mol. The fraction of sp³-hybridized carbons (Fsp3) is 0.353. The monoisotopic (exact) mass is 322 g/mol. The maximum Gasteiger partial charge on any atom is 0.0621 e. The highest BCUT2D eigenvalue weighted by Gasteiger charge is 2.14. The molecule has 2 nitrogen and oxygen atoms in total. The molecule has 0 saturated carbocycles. The van der Waals surface area contributed by atoms with Crippen LogP contribution >= 0.6 is 23.2 Å². The highest BCUT2D eigenvalue weighted by Crippen LogP contribution is 2.26. The third-order valence-electron chi connectivity index (χ3n) is 3.46. The van der Waals surface area contributed by atoms with Crippen molar-refractivity contribution in [2.24, 2.45) is 0 Å². The summed E-state index contributed by atoms with van der Waals surface area (Å²) in [6.45, 7) is 4.09. The lowest BCUT2D eigenvalue weighted by molar-refractivity contribution is 0.576. The lowest BCUT2D eigenvalue weighted by Gasteiger charge is -2.19. The molecule has 0 aliphatic rings. The van der Waals surface area contributed by atoms with Gasteiger partial charge in [0.2, 0.25) is 0 Å². The van der Waals surface area contributed by atoms with Gasteiger partial charge in [-0.1, -0.05) is 42.3 Å². The first-order valence-corrected chi connectivity index (χ1v) is 8.01. The average Bonchev–Trinajstić information content (AvgIpc) is 2.48. The minimum Gasteiger partial charge on any atom is -0.316 e. The number of pyridine rings is 1. The Balaban J connectivity index is 2.17. The van der Waals surface area contributed by atoms with E-state index in [9.17, 15) is 0 Å². The molecule has 1 aromatic carbocycles. The molecule has 0 aliphatic heterocycles. The molecule has 0 amide bonds. The van der Waals surface area contributed by atoms with Crippen LogP contribution in [-0.2, 0) is 6.42 Å². The topological polar surface area (TPSA) is 24.9 Å². The smallest absolute Gasteiger partial charge is 0.0621 e. The van der Waals surface area contributed by atoms with Crippen LogP contribution in [-0.4, -0.2) is 18.1 Å². The molecule has 1 unspecified atom stereocenters. The van der Waals surface area contributed by atoms with E-state index in [-0.39, 0.29) is 0 Å². The Bertz CT molecular complexity index is 572. The number of benzene rings is 1. The van der Waals surface area contributed by atoms with Crippen LogP contribution in [0.5, 0.6) is 0 Å². The van der Waals surface area contributed by atoms with E-state index in [0.29, 0.717) is 5.92 Å². The SMILES string of the molecule is CCCNCC(Cc1ccncc1Cl)c1cccc(Cl)c1. The molecule has 1 atom stereocenters. The molecule has 4 heteroatoms. The average molecular weight is 323 g/mol. The van der Waals surface area contributed by atoms with Crippen LogP contribution in [0, 0.1) is 0 Å². The molecule has 1 heterocycles. The molecule has 1 N–H and O–H groups in total. The Labute approximate surface area is 136 Å². The molecule has 1 aromatic heterocycles. The summed E-state index contributed by atoms with van der Waals surface area (Å²) in [5, 5.41) is 4.99. The van der Waals surface area contributed by atoms with Gasteiger partial charge in [-0.2, -0.15) is 0 Å². The molecular formula is C17H20Cl2N2. The molecule has 112 valence electrons. The normalized spacial score (nSPS) is 12.3. The van der Waals surface area contributed by atoms with Crippen molar-refractivity contribution in [3.8, 4) is 0 Å². The van der Waals surface area contributed by atoms with Gasteiger partial charge in [0.25, 0.3) is 0 Å². The van der Waals surface area contributed by atoms with E-state index >= 15 is 0 Å². The zero-order valence-electron chi connectivity index (χ0n) is 12.2. The van der Waals surface area contributed by atoms with Gasteiger partial charge in [-0.25, -0.2) is 0 Å². The van der Waals surface area contributed by atoms with Gasteiger partial charge >= 0.3 is 0 Å². The molecule has 0 radical (unpaired) electrons. The van der Waals surface area contributed by atoms with E-state index in [1.54, 1.807) is 12.4 Å². The van der Waals surface area contributed by atoms with Crippen LogP contribution in [0.2, 0.25) is 10.0 Å². The number of hydrogen-bond donors (Lipinski definition) is 1. The number of aromatic nitrogens is 1. The molecule has 2 rings (SSSR count). The lowest BCUT2D eigenvalue weighted by atomic mass is 9.92. The number of rotatable bonds is 7. The molecule has 0 spiro atoms. The quantitative estimate of drug-likeness (QED) is 0.746. The first kappa shape index (κ1) is 16.3. The first-order valence-electron chi connectivity index (χ1n) is 7.25. The van der Waals surface area contributed by atoms with Crippen LogP contribution in [0.1, 0.15) is 30.4 Å². The van der Waals surface area contributed by atoms with Crippen molar-refractivity contribution in [3.05, 3.63) is 63.9 Å². The van der Waals surface area contributed by atoms with Crippen molar-refractivity contribution in [3.63, 3.8) is 0 Å². The Morgan fingerprint density at radius 1 is 1.24 bits per heavy atom. The van der Waals surface area contributed by atoms with E-state index in [2.05, 4.69) is 23.3 Å². The second-order valence-electron chi connectivity index (χ2n) is 5.13. The zero-order chi connectivity index (χ0) is 15.1. The molecule has 0 saturated heterocycles. The minimum absolute atomic E-state index is 0.343. The number of hydrogen-bond acceptors (Lipinski definition) is 2. The Kier molecular flexibility index (Phi) is 6.50. The predicted octanol–water partition coefficient (Wildman–Crippen LogP) is 4.71. The van der Waals surface area contributed by atoms with Gasteiger partial charge in [0.05, 0.1) is 5.02 Å². The molecule has 0 aliphatic carbocycles. The lowest BCUT2D eigenvalue weighted by Crippen LogP contribution is -2.23. The second-order valence-corrected chi connectivity index (χ2v) is 5.97. The van der Waals surface area contributed by atoms with Gasteiger partial charge in [-0.3, -0.25) is 4.98 Å². The molecule has 2 aromatic rings. The maximum absolute atomic E-state index is 6.24. The third kappa shape index (κ3) is 4.99. The van der Waals surface area contributed by atoms with Gasteiger partial charge in [-0.15, -0.1) is 0 Å².